The Bertz CT molecular complexity index is 512. The van der Waals surface area contributed by atoms with Gasteiger partial charge in [-0.05, 0) is 18.6 Å². The van der Waals surface area contributed by atoms with Crippen molar-refractivity contribution in [3.05, 3.63) is 17.0 Å². The number of hydrogen-bond acceptors (Lipinski definition) is 5. The zero-order valence-electron chi connectivity index (χ0n) is 11.1. The van der Waals surface area contributed by atoms with E-state index in [1.165, 1.54) is 11.3 Å². The summed E-state index contributed by atoms with van der Waals surface area (Å²) in [7, 11) is 3.67. The van der Waals surface area contributed by atoms with Crippen LogP contribution in [0.5, 0.6) is 0 Å². The van der Waals surface area contributed by atoms with Crippen LogP contribution in [0, 0.1) is 0 Å². The van der Waals surface area contributed by atoms with Crippen molar-refractivity contribution in [3.8, 4) is 0 Å². The molecule has 0 fully saturated rings. The molecule has 0 saturated heterocycles. The van der Waals surface area contributed by atoms with Crippen LogP contribution in [0.3, 0.4) is 0 Å². The van der Waals surface area contributed by atoms with E-state index in [1.807, 2.05) is 19.0 Å². The first-order valence-electron chi connectivity index (χ1n) is 5.84. The standard InChI is InChI=1S/C12H16N2O5S/c1-14(2)9-5-4-8(20-9)11(17)13-7(12(18)19)3-6-10(15)16/h4-5,7H,3,6H2,1-2H3,(H,13,17)(H,15,16)(H,18,19)/t7-/m0/s1. The minimum atomic E-state index is -1.25. The SMILES string of the molecule is CN(C)c1ccc(C(=O)N[C@@H](CCC(=O)O)C(=O)O)s1. The Labute approximate surface area is 119 Å². The number of amides is 1. The van der Waals surface area contributed by atoms with Crippen LogP contribution in [0.2, 0.25) is 0 Å². The number of thiophene rings is 1. The number of aliphatic carboxylic acids is 2. The van der Waals surface area contributed by atoms with Crippen LogP contribution in [0.15, 0.2) is 12.1 Å². The van der Waals surface area contributed by atoms with Crippen molar-refractivity contribution in [2.45, 2.75) is 18.9 Å². The number of carbonyl (C=O) groups is 3. The van der Waals surface area contributed by atoms with Gasteiger partial charge in [0.1, 0.15) is 6.04 Å². The van der Waals surface area contributed by atoms with Gasteiger partial charge in [-0.3, -0.25) is 9.59 Å². The molecule has 1 rings (SSSR count). The van der Waals surface area contributed by atoms with Crippen LogP contribution in [0.1, 0.15) is 22.5 Å². The van der Waals surface area contributed by atoms with Crippen molar-refractivity contribution >= 4 is 34.2 Å². The summed E-state index contributed by atoms with van der Waals surface area (Å²) in [5.41, 5.74) is 0. The smallest absolute Gasteiger partial charge is 0.326 e. The maximum atomic E-state index is 11.9. The molecule has 1 aromatic heterocycles. The number of carboxylic acid groups (broad SMARTS) is 2. The molecule has 20 heavy (non-hydrogen) atoms. The predicted molar refractivity (Wildman–Crippen MR) is 74.4 cm³/mol. The van der Waals surface area contributed by atoms with E-state index in [0.717, 1.165) is 5.00 Å². The zero-order chi connectivity index (χ0) is 15.3. The highest BCUT2D eigenvalue weighted by Gasteiger charge is 2.22. The van der Waals surface area contributed by atoms with E-state index in [2.05, 4.69) is 5.32 Å². The van der Waals surface area contributed by atoms with Gasteiger partial charge in [-0.2, -0.15) is 0 Å². The van der Waals surface area contributed by atoms with Crippen LogP contribution < -0.4 is 10.2 Å². The highest BCUT2D eigenvalue weighted by Crippen LogP contribution is 2.24. The first kappa shape index (κ1) is 16.0. The van der Waals surface area contributed by atoms with E-state index in [1.54, 1.807) is 12.1 Å². The summed E-state index contributed by atoms with van der Waals surface area (Å²) in [6.45, 7) is 0. The first-order chi connectivity index (χ1) is 9.31. The monoisotopic (exact) mass is 300 g/mol. The van der Waals surface area contributed by atoms with E-state index >= 15 is 0 Å². The minimum Gasteiger partial charge on any atom is -0.481 e. The highest BCUT2D eigenvalue weighted by atomic mass is 32.1. The molecule has 1 heterocycles. The normalized spacial score (nSPS) is 11.7. The molecule has 0 unspecified atom stereocenters. The Kier molecular flexibility index (Phi) is 5.51. The van der Waals surface area contributed by atoms with Gasteiger partial charge < -0.3 is 20.4 Å². The summed E-state index contributed by atoms with van der Waals surface area (Å²) in [6.07, 6.45) is -0.465. The minimum absolute atomic E-state index is 0.150. The topological polar surface area (TPSA) is 107 Å². The fraction of sp³-hybridized carbons (Fsp3) is 0.417. The van der Waals surface area contributed by atoms with E-state index in [9.17, 15) is 14.4 Å². The van der Waals surface area contributed by atoms with Crippen molar-refractivity contribution < 1.29 is 24.6 Å². The van der Waals surface area contributed by atoms with E-state index in [4.69, 9.17) is 10.2 Å². The zero-order valence-corrected chi connectivity index (χ0v) is 11.9. The summed E-state index contributed by atoms with van der Waals surface area (Å²) in [6, 6.07) is 2.15. The maximum absolute atomic E-state index is 11.9. The quantitative estimate of drug-likeness (QED) is 0.689. The average Bonchev–Trinajstić information content (AvgIpc) is 2.83. The van der Waals surface area contributed by atoms with Gasteiger partial charge in [-0.1, -0.05) is 0 Å². The van der Waals surface area contributed by atoms with Crippen LogP contribution in [-0.4, -0.2) is 48.2 Å². The summed E-state index contributed by atoms with van der Waals surface area (Å²) in [5.74, 6) is -2.86. The Morgan fingerprint density at radius 3 is 2.40 bits per heavy atom. The van der Waals surface area contributed by atoms with Gasteiger partial charge in [-0.15, -0.1) is 11.3 Å². The highest BCUT2D eigenvalue weighted by molar-refractivity contribution is 7.17. The van der Waals surface area contributed by atoms with Crippen molar-refractivity contribution in [1.29, 1.82) is 0 Å². The third kappa shape index (κ3) is 4.54. The van der Waals surface area contributed by atoms with Crippen molar-refractivity contribution in [2.24, 2.45) is 0 Å². The first-order valence-corrected chi connectivity index (χ1v) is 6.65. The lowest BCUT2D eigenvalue weighted by molar-refractivity contribution is -0.140. The molecule has 0 aliphatic carbocycles. The molecule has 1 amide bonds. The third-order valence-corrected chi connectivity index (χ3v) is 3.76. The van der Waals surface area contributed by atoms with Crippen molar-refractivity contribution in [3.63, 3.8) is 0 Å². The molecule has 0 radical (unpaired) electrons. The molecule has 3 N–H and O–H groups in total. The van der Waals surface area contributed by atoms with Gasteiger partial charge in [0.05, 0.1) is 9.88 Å². The molecule has 0 aromatic carbocycles. The molecule has 1 atom stereocenters. The fourth-order valence-electron chi connectivity index (χ4n) is 1.44. The summed E-state index contributed by atoms with van der Waals surface area (Å²) in [4.78, 5) is 35.6. The molecule has 1 aromatic rings. The second-order valence-electron chi connectivity index (χ2n) is 4.33. The lowest BCUT2D eigenvalue weighted by Gasteiger charge is -2.12. The molecule has 0 spiro atoms. The fourth-order valence-corrected chi connectivity index (χ4v) is 2.28. The number of nitrogens with zero attached hydrogens (tertiary/aromatic N) is 1. The molecule has 110 valence electrons. The Hall–Kier alpha value is -2.09. The number of carboxylic acids is 2. The Morgan fingerprint density at radius 1 is 1.30 bits per heavy atom. The molecular weight excluding hydrogens is 284 g/mol. The average molecular weight is 300 g/mol. The molecule has 0 aliphatic heterocycles. The predicted octanol–water partition coefficient (Wildman–Crippen LogP) is 0.862. The van der Waals surface area contributed by atoms with Crippen molar-refractivity contribution in [2.75, 3.05) is 19.0 Å². The molecule has 0 aliphatic rings. The van der Waals surface area contributed by atoms with Gasteiger partial charge in [-0.25, -0.2) is 4.79 Å². The Morgan fingerprint density at radius 2 is 1.95 bits per heavy atom. The molecule has 0 saturated carbocycles. The molecular formula is C12H16N2O5S. The van der Waals surface area contributed by atoms with E-state index in [-0.39, 0.29) is 12.8 Å². The second kappa shape index (κ2) is 6.90. The number of anilines is 1. The lowest BCUT2D eigenvalue weighted by atomic mass is 10.1. The number of hydrogen-bond donors (Lipinski definition) is 3. The summed E-state index contributed by atoms with van der Waals surface area (Å²) < 4.78 is 0. The maximum Gasteiger partial charge on any atom is 0.326 e. The van der Waals surface area contributed by atoms with E-state index < -0.39 is 23.9 Å². The molecule has 8 heteroatoms. The largest absolute Gasteiger partial charge is 0.481 e. The van der Waals surface area contributed by atoms with E-state index in [0.29, 0.717) is 4.88 Å². The van der Waals surface area contributed by atoms with Crippen LogP contribution >= 0.6 is 11.3 Å². The number of nitrogens with one attached hydrogen (secondary N) is 1. The molecule has 0 bridgehead atoms. The van der Waals surface area contributed by atoms with Gasteiger partial charge in [0.25, 0.3) is 5.91 Å². The summed E-state index contributed by atoms with van der Waals surface area (Å²) >= 11 is 1.23. The number of rotatable bonds is 7. The molecule has 7 nitrogen and oxygen atoms in total. The van der Waals surface area contributed by atoms with Gasteiger partial charge in [0.15, 0.2) is 0 Å². The lowest BCUT2D eigenvalue weighted by Crippen LogP contribution is -2.40. The van der Waals surface area contributed by atoms with Gasteiger partial charge >= 0.3 is 11.9 Å². The van der Waals surface area contributed by atoms with Crippen LogP contribution in [0.4, 0.5) is 5.00 Å². The van der Waals surface area contributed by atoms with Crippen LogP contribution in [-0.2, 0) is 9.59 Å². The third-order valence-electron chi connectivity index (χ3n) is 2.51. The van der Waals surface area contributed by atoms with Gasteiger partial charge in [0.2, 0.25) is 0 Å². The Balaban J connectivity index is 2.69. The van der Waals surface area contributed by atoms with Crippen molar-refractivity contribution in [1.82, 2.24) is 5.32 Å². The van der Waals surface area contributed by atoms with Gasteiger partial charge in [0, 0.05) is 20.5 Å². The summed E-state index contributed by atoms with van der Waals surface area (Å²) in [5, 5.41) is 20.7. The number of carbonyl (C=O) groups excluding carboxylic acids is 1. The van der Waals surface area contributed by atoms with Crippen LogP contribution in [0.25, 0.3) is 0 Å². The second-order valence-corrected chi connectivity index (χ2v) is 5.39.